The molecule has 2 atom stereocenters. The third-order valence-corrected chi connectivity index (χ3v) is 3.88. The second-order valence-electron chi connectivity index (χ2n) is 5.14. The maximum atomic E-state index is 12.1. The molecule has 1 heterocycles. The number of hydrogen-bond donors (Lipinski definition) is 2. The molecular formula is C15H17ClN2O4. The normalized spacial score (nSPS) is 18.5. The number of ether oxygens (including phenoxy) is 1. The minimum atomic E-state index is -0.969. The summed E-state index contributed by atoms with van der Waals surface area (Å²) in [5.74, 6) is -1.24. The molecule has 0 spiro atoms. The molecule has 0 aliphatic carbocycles. The molecule has 0 saturated carbocycles. The first-order chi connectivity index (χ1) is 10.4. The molecule has 22 heavy (non-hydrogen) atoms. The number of carbonyl (C=O) groups excluding carboxylic acids is 3. The molecule has 0 bridgehead atoms. The SMILES string of the molecule is Cc1c(Cl)cccc1NC(=O)[C@H](C)OC(=O)[C@H]1CCC(=O)N1. The molecule has 6 nitrogen and oxygen atoms in total. The number of anilines is 1. The Morgan fingerprint density at radius 1 is 1.45 bits per heavy atom. The minimum Gasteiger partial charge on any atom is -0.451 e. The van der Waals surface area contributed by atoms with Crippen LogP contribution in [0.1, 0.15) is 25.3 Å². The fourth-order valence-corrected chi connectivity index (χ4v) is 2.25. The van der Waals surface area contributed by atoms with Gasteiger partial charge in [-0.25, -0.2) is 4.79 Å². The van der Waals surface area contributed by atoms with Crippen LogP contribution in [0.5, 0.6) is 0 Å². The molecule has 0 aromatic heterocycles. The van der Waals surface area contributed by atoms with Crippen LogP contribution >= 0.6 is 11.6 Å². The van der Waals surface area contributed by atoms with Gasteiger partial charge in [-0.1, -0.05) is 17.7 Å². The van der Waals surface area contributed by atoms with Crippen LogP contribution < -0.4 is 10.6 Å². The van der Waals surface area contributed by atoms with Gasteiger partial charge in [0.15, 0.2) is 6.10 Å². The van der Waals surface area contributed by atoms with Gasteiger partial charge < -0.3 is 15.4 Å². The first-order valence-electron chi connectivity index (χ1n) is 6.94. The van der Waals surface area contributed by atoms with Gasteiger partial charge in [-0.2, -0.15) is 0 Å². The number of hydrogen-bond acceptors (Lipinski definition) is 4. The molecule has 2 amide bonds. The van der Waals surface area contributed by atoms with Crippen LogP contribution in [-0.2, 0) is 19.1 Å². The molecule has 7 heteroatoms. The second-order valence-corrected chi connectivity index (χ2v) is 5.55. The van der Waals surface area contributed by atoms with Crippen molar-refractivity contribution in [2.24, 2.45) is 0 Å². The molecule has 118 valence electrons. The topological polar surface area (TPSA) is 84.5 Å². The van der Waals surface area contributed by atoms with Gasteiger partial charge in [0, 0.05) is 17.1 Å². The van der Waals surface area contributed by atoms with E-state index in [-0.39, 0.29) is 5.91 Å². The second kappa shape index (κ2) is 6.79. The number of halogens is 1. The van der Waals surface area contributed by atoms with E-state index in [9.17, 15) is 14.4 Å². The predicted octanol–water partition coefficient (Wildman–Crippen LogP) is 1.80. The van der Waals surface area contributed by atoms with Crippen LogP contribution in [0, 0.1) is 6.92 Å². The fraction of sp³-hybridized carbons (Fsp3) is 0.400. The van der Waals surface area contributed by atoms with Crippen molar-refractivity contribution in [2.75, 3.05) is 5.32 Å². The van der Waals surface area contributed by atoms with E-state index in [0.717, 1.165) is 5.56 Å². The van der Waals surface area contributed by atoms with Crippen molar-refractivity contribution < 1.29 is 19.1 Å². The molecule has 0 radical (unpaired) electrons. The average Bonchev–Trinajstić information content (AvgIpc) is 2.90. The minimum absolute atomic E-state index is 0.186. The van der Waals surface area contributed by atoms with Crippen LogP contribution in [0.15, 0.2) is 18.2 Å². The van der Waals surface area contributed by atoms with Crippen molar-refractivity contribution in [3.8, 4) is 0 Å². The van der Waals surface area contributed by atoms with Gasteiger partial charge in [-0.3, -0.25) is 9.59 Å². The van der Waals surface area contributed by atoms with Crippen molar-refractivity contribution >= 4 is 35.1 Å². The van der Waals surface area contributed by atoms with Gasteiger partial charge in [-0.15, -0.1) is 0 Å². The van der Waals surface area contributed by atoms with Gasteiger partial charge in [0.1, 0.15) is 6.04 Å². The fourth-order valence-electron chi connectivity index (χ4n) is 2.08. The number of nitrogens with one attached hydrogen (secondary N) is 2. The van der Waals surface area contributed by atoms with E-state index in [2.05, 4.69) is 10.6 Å². The third kappa shape index (κ3) is 3.76. The van der Waals surface area contributed by atoms with Gasteiger partial charge in [0.05, 0.1) is 0 Å². The van der Waals surface area contributed by atoms with E-state index in [4.69, 9.17) is 16.3 Å². The Balaban J connectivity index is 1.93. The lowest BCUT2D eigenvalue weighted by Crippen LogP contribution is -2.39. The van der Waals surface area contributed by atoms with E-state index in [1.165, 1.54) is 6.92 Å². The summed E-state index contributed by atoms with van der Waals surface area (Å²) >= 11 is 5.98. The van der Waals surface area contributed by atoms with E-state index in [0.29, 0.717) is 23.6 Å². The number of amides is 2. The van der Waals surface area contributed by atoms with Gasteiger partial charge in [0.25, 0.3) is 5.91 Å². The first-order valence-corrected chi connectivity index (χ1v) is 7.32. The largest absolute Gasteiger partial charge is 0.451 e. The molecule has 0 unspecified atom stereocenters. The molecule has 2 N–H and O–H groups in total. The van der Waals surface area contributed by atoms with E-state index < -0.39 is 24.0 Å². The Kier molecular flexibility index (Phi) is 5.03. The summed E-state index contributed by atoms with van der Waals surface area (Å²) in [6.07, 6.45) is -0.287. The first kappa shape index (κ1) is 16.3. The van der Waals surface area contributed by atoms with Crippen LogP contribution in [0.25, 0.3) is 0 Å². The average molecular weight is 325 g/mol. The summed E-state index contributed by atoms with van der Waals surface area (Å²) < 4.78 is 5.09. The van der Waals surface area contributed by atoms with E-state index >= 15 is 0 Å². The maximum absolute atomic E-state index is 12.1. The molecule has 1 fully saturated rings. The van der Waals surface area contributed by atoms with Crippen molar-refractivity contribution in [3.05, 3.63) is 28.8 Å². The number of esters is 1. The molecule has 1 saturated heterocycles. The summed E-state index contributed by atoms with van der Waals surface area (Å²) in [6, 6.07) is 4.48. The molecule has 2 rings (SSSR count). The summed E-state index contributed by atoms with van der Waals surface area (Å²) in [6.45, 7) is 3.26. The zero-order valence-electron chi connectivity index (χ0n) is 12.3. The Bertz CT molecular complexity index is 618. The quantitative estimate of drug-likeness (QED) is 0.827. The molecular weight excluding hydrogens is 308 g/mol. The highest BCUT2D eigenvalue weighted by Crippen LogP contribution is 2.23. The maximum Gasteiger partial charge on any atom is 0.329 e. The standard InChI is InChI=1S/C15H17ClN2O4/c1-8-10(16)4-3-5-11(8)18-14(20)9(2)22-15(21)12-6-7-13(19)17-12/h3-5,9,12H,6-7H2,1-2H3,(H,17,19)(H,18,20)/t9-,12+/m0/s1. The summed E-state index contributed by atoms with van der Waals surface area (Å²) in [4.78, 5) is 35.0. The zero-order chi connectivity index (χ0) is 16.3. The number of rotatable bonds is 4. The van der Waals surface area contributed by atoms with Crippen LogP contribution in [0.4, 0.5) is 5.69 Å². The van der Waals surface area contributed by atoms with Crippen LogP contribution in [-0.4, -0.2) is 29.9 Å². The monoisotopic (exact) mass is 324 g/mol. The van der Waals surface area contributed by atoms with Crippen molar-refractivity contribution in [1.82, 2.24) is 5.32 Å². The number of carbonyl (C=O) groups is 3. The van der Waals surface area contributed by atoms with Crippen molar-refractivity contribution in [3.63, 3.8) is 0 Å². The summed E-state index contributed by atoms with van der Waals surface area (Å²) in [5, 5.41) is 5.71. The van der Waals surface area contributed by atoms with Crippen LogP contribution in [0.3, 0.4) is 0 Å². The highest BCUT2D eigenvalue weighted by molar-refractivity contribution is 6.31. The van der Waals surface area contributed by atoms with Crippen LogP contribution in [0.2, 0.25) is 5.02 Å². The van der Waals surface area contributed by atoms with Crippen molar-refractivity contribution in [1.29, 1.82) is 0 Å². The number of benzene rings is 1. The third-order valence-electron chi connectivity index (χ3n) is 3.47. The molecule has 1 aliphatic heterocycles. The lowest BCUT2D eigenvalue weighted by Gasteiger charge is -2.17. The van der Waals surface area contributed by atoms with E-state index in [1.807, 2.05) is 0 Å². The van der Waals surface area contributed by atoms with Crippen molar-refractivity contribution in [2.45, 2.75) is 38.8 Å². The lowest BCUT2D eigenvalue weighted by atomic mass is 10.2. The Morgan fingerprint density at radius 3 is 2.82 bits per heavy atom. The molecule has 1 aliphatic rings. The van der Waals surface area contributed by atoms with Gasteiger partial charge >= 0.3 is 5.97 Å². The predicted molar refractivity (Wildman–Crippen MR) is 81.5 cm³/mol. The highest BCUT2D eigenvalue weighted by Gasteiger charge is 2.30. The molecule has 1 aromatic carbocycles. The Hall–Kier alpha value is -2.08. The lowest BCUT2D eigenvalue weighted by molar-refractivity contribution is -0.155. The Labute approximate surface area is 133 Å². The smallest absolute Gasteiger partial charge is 0.329 e. The Morgan fingerprint density at radius 2 is 2.18 bits per heavy atom. The summed E-state index contributed by atoms with van der Waals surface area (Å²) in [7, 11) is 0. The highest BCUT2D eigenvalue weighted by atomic mass is 35.5. The zero-order valence-corrected chi connectivity index (χ0v) is 13.1. The van der Waals surface area contributed by atoms with Gasteiger partial charge in [-0.05, 0) is 38.0 Å². The van der Waals surface area contributed by atoms with Gasteiger partial charge in [0.2, 0.25) is 5.91 Å². The summed E-state index contributed by atoms with van der Waals surface area (Å²) in [5.41, 5.74) is 1.30. The van der Waals surface area contributed by atoms with E-state index in [1.54, 1.807) is 25.1 Å². The molecule has 1 aromatic rings.